The van der Waals surface area contributed by atoms with Gasteiger partial charge in [-0.2, -0.15) is 0 Å². The van der Waals surface area contributed by atoms with E-state index in [1.54, 1.807) is 7.11 Å². The van der Waals surface area contributed by atoms with E-state index in [4.69, 9.17) is 22.1 Å². The number of rotatable bonds is 3. The third-order valence-electron chi connectivity index (χ3n) is 2.84. The molecule has 0 aliphatic heterocycles. The fraction of sp³-hybridized carbons (Fsp3) is 0.417. The molecular weight excluding hydrogens is 226 g/mol. The summed E-state index contributed by atoms with van der Waals surface area (Å²) in [6.07, 6.45) is 0.149. The summed E-state index contributed by atoms with van der Waals surface area (Å²) in [6, 6.07) is 0. The highest BCUT2D eigenvalue weighted by Crippen LogP contribution is 2.35. The third kappa shape index (κ3) is 2.14. The van der Waals surface area contributed by atoms with E-state index in [1.807, 2.05) is 20.8 Å². The molecule has 0 spiro atoms. The van der Waals surface area contributed by atoms with Crippen LogP contribution in [0, 0.1) is 20.8 Å². The van der Waals surface area contributed by atoms with Crippen LogP contribution in [0.4, 0.5) is 0 Å². The lowest BCUT2D eigenvalue weighted by Crippen LogP contribution is -2.16. The van der Waals surface area contributed by atoms with E-state index in [1.165, 1.54) is 0 Å². The lowest BCUT2D eigenvalue weighted by molar-refractivity contribution is -0.117. The van der Waals surface area contributed by atoms with Crippen LogP contribution in [0.25, 0.3) is 0 Å². The first-order chi connectivity index (χ1) is 7.40. The van der Waals surface area contributed by atoms with Gasteiger partial charge in [0.25, 0.3) is 0 Å². The van der Waals surface area contributed by atoms with Gasteiger partial charge in [0.1, 0.15) is 5.75 Å². The molecule has 0 saturated carbocycles. The first kappa shape index (κ1) is 12.8. The lowest BCUT2D eigenvalue weighted by atomic mass is 9.96. The number of hydrogen-bond donors (Lipinski definition) is 1. The molecule has 0 atom stereocenters. The summed E-state index contributed by atoms with van der Waals surface area (Å²) in [6.45, 7) is 5.72. The summed E-state index contributed by atoms with van der Waals surface area (Å²) < 4.78 is 5.33. The van der Waals surface area contributed by atoms with Crippen LogP contribution in [0.5, 0.6) is 5.75 Å². The first-order valence-corrected chi connectivity index (χ1v) is 5.38. The van der Waals surface area contributed by atoms with Crippen LogP contribution in [0.1, 0.15) is 22.3 Å². The molecule has 1 aromatic carbocycles. The van der Waals surface area contributed by atoms with E-state index in [0.29, 0.717) is 10.8 Å². The quantitative estimate of drug-likeness (QED) is 0.883. The maximum absolute atomic E-state index is 11.0. The SMILES string of the molecule is COc1c(C)c(C)c(Cl)c(C)c1CC(N)=O. The number of carbonyl (C=O) groups is 1. The zero-order valence-corrected chi connectivity index (χ0v) is 10.7. The van der Waals surface area contributed by atoms with E-state index >= 15 is 0 Å². The van der Waals surface area contributed by atoms with E-state index < -0.39 is 0 Å². The molecule has 1 amide bonds. The van der Waals surface area contributed by atoms with Crippen LogP contribution in [-0.4, -0.2) is 13.0 Å². The number of halogens is 1. The Kier molecular flexibility index (Phi) is 3.81. The Labute approximate surface area is 101 Å². The van der Waals surface area contributed by atoms with E-state index in [9.17, 15) is 4.79 Å². The summed E-state index contributed by atoms with van der Waals surface area (Å²) in [5.41, 5.74) is 8.79. The number of amides is 1. The number of benzene rings is 1. The summed E-state index contributed by atoms with van der Waals surface area (Å²) in [4.78, 5) is 11.0. The fourth-order valence-electron chi connectivity index (χ4n) is 1.81. The molecule has 0 fully saturated rings. The molecule has 0 bridgehead atoms. The van der Waals surface area contributed by atoms with Crippen molar-refractivity contribution in [2.45, 2.75) is 27.2 Å². The second kappa shape index (κ2) is 4.74. The van der Waals surface area contributed by atoms with Gasteiger partial charge in [0.05, 0.1) is 13.5 Å². The average molecular weight is 242 g/mol. The minimum Gasteiger partial charge on any atom is -0.496 e. The van der Waals surface area contributed by atoms with Gasteiger partial charge < -0.3 is 10.5 Å². The molecule has 1 rings (SSSR count). The highest BCUT2D eigenvalue weighted by Gasteiger charge is 2.17. The van der Waals surface area contributed by atoms with Crippen molar-refractivity contribution in [3.05, 3.63) is 27.3 Å². The Bertz CT molecular complexity index is 441. The van der Waals surface area contributed by atoms with Crippen molar-refractivity contribution >= 4 is 17.5 Å². The Morgan fingerprint density at radius 3 is 2.25 bits per heavy atom. The highest BCUT2D eigenvalue weighted by atomic mass is 35.5. The average Bonchev–Trinajstić information content (AvgIpc) is 2.23. The molecule has 2 N–H and O–H groups in total. The molecule has 0 radical (unpaired) electrons. The third-order valence-corrected chi connectivity index (χ3v) is 3.41. The molecule has 88 valence electrons. The summed E-state index contributed by atoms with van der Waals surface area (Å²) >= 11 is 6.19. The fourth-order valence-corrected chi connectivity index (χ4v) is 2.06. The molecule has 4 heteroatoms. The molecule has 0 aromatic heterocycles. The molecule has 0 saturated heterocycles. The smallest absolute Gasteiger partial charge is 0.221 e. The second-order valence-corrected chi connectivity index (χ2v) is 4.22. The minimum absolute atomic E-state index is 0.149. The van der Waals surface area contributed by atoms with Crippen molar-refractivity contribution in [1.29, 1.82) is 0 Å². The number of ether oxygens (including phenoxy) is 1. The van der Waals surface area contributed by atoms with Crippen LogP contribution in [0.2, 0.25) is 5.02 Å². The Hall–Kier alpha value is -1.22. The Morgan fingerprint density at radius 2 is 1.81 bits per heavy atom. The van der Waals surface area contributed by atoms with Gasteiger partial charge in [-0.25, -0.2) is 0 Å². The molecule has 0 heterocycles. The van der Waals surface area contributed by atoms with Gasteiger partial charge in [0, 0.05) is 10.6 Å². The van der Waals surface area contributed by atoms with Gasteiger partial charge in [-0.05, 0) is 37.5 Å². The number of nitrogens with two attached hydrogens (primary N) is 1. The summed E-state index contributed by atoms with van der Waals surface area (Å²) in [7, 11) is 1.58. The van der Waals surface area contributed by atoms with Crippen LogP contribution >= 0.6 is 11.6 Å². The monoisotopic (exact) mass is 241 g/mol. The van der Waals surface area contributed by atoms with Gasteiger partial charge in [0.15, 0.2) is 0 Å². The zero-order chi connectivity index (χ0) is 12.5. The summed E-state index contributed by atoms with van der Waals surface area (Å²) in [5, 5.41) is 0.676. The standard InChI is InChI=1S/C12H16ClNO2/c1-6-7(2)12(16-4)9(5-10(14)15)8(3)11(6)13/h5H2,1-4H3,(H2,14,15). The van der Waals surface area contributed by atoms with Crippen LogP contribution in [0.15, 0.2) is 0 Å². The summed E-state index contributed by atoms with van der Waals surface area (Å²) in [5.74, 6) is 0.318. The number of hydrogen-bond acceptors (Lipinski definition) is 2. The predicted octanol–water partition coefficient (Wildman–Crippen LogP) is 2.30. The Balaban J connectivity index is 3.50. The lowest BCUT2D eigenvalue weighted by Gasteiger charge is -2.17. The van der Waals surface area contributed by atoms with E-state index in [2.05, 4.69) is 0 Å². The predicted molar refractivity (Wildman–Crippen MR) is 65.1 cm³/mol. The second-order valence-electron chi connectivity index (χ2n) is 3.84. The number of carbonyl (C=O) groups excluding carboxylic acids is 1. The molecular formula is C12H16ClNO2. The van der Waals surface area contributed by atoms with Crippen molar-refractivity contribution in [2.24, 2.45) is 5.73 Å². The number of primary amides is 1. The van der Waals surface area contributed by atoms with Crippen LogP contribution in [-0.2, 0) is 11.2 Å². The van der Waals surface area contributed by atoms with Gasteiger partial charge in [-0.1, -0.05) is 11.6 Å². The Morgan fingerprint density at radius 1 is 1.25 bits per heavy atom. The van der Waals surface area contributed by atoms with Crippen LogP contribution < -0.4 is 10.5 Å². The molecule has 0 unspecified atom stereocenters. The van der Waals surface area contributed by atoms with Crippen LogP contribution in [0.3, 0.4) is 0 Å². The van der Waals surface area contributed by atoms with Gasteiger partial charge in [-0.15, -0.1) is 0 Å². The zero-order valence-electron chi connectivity index (χ0n) is 9.98. The van der Waals surface area contributed by atoms with Gasteiger partial charge >= 0.3 is 0 Å². The van der Waals surface area contributed by atoms with Crippen molar-refractivity contribution in [3.63, 3.8) is 0 Å². The largest absolute Gasteiger partial charge is 0.496 e. The molecule has 0 aliphatic carbocycles. The van der Waals surface area contributed by atoms with Gasteiger partial charge in [0.2, 0.25) is 5.91 Å². The molecule has 0 aliphatic rings. The number of methoxy groups -OCH3 is 1. The van der Waals surface area contributed by atoms with Crippen molar-refractivity contribution in [1.82, 2.24) is 0 Å². The first-order valence-electron chi connectivity index (χ1n) is 5.00. The highest BCUT2D eigenvalue weighted by molar-refractivity contribution is 6.32. The van der Waals surface area contributed by atoms with E-state index in [0.717, 1.165) is 22.3 Å². The topological polar surface area (TPSA) is 52.3 Å². The molecule has 1 aromatic rings. The maximum Gasteiger partial charge on any atom is 0.221 e. The normalized spacial score (nSPS) is 10.3. The van der Waals surface area contributed by atoms with Crippen molar-refractivity contribution < 1.29 is 9.53 Å². The minimum atomic E-state index is -0.388. The molecule has 16 heavy (non-hydrogen) atoms. The molecule has 3 nitrogen and oxygen atoms in total. The van der Waals surface area contributed by atoms with Gasteiger partial charge in [-0.3, -0.25) is 4.79 Å². The van der Waals surface area contributed by atoms with Crippen molar-refractivity contribution in [3.8, 4) is 5.75 Å². The maximum atomic E-state index is 11.0. The van der Waals surface area contributed by atoms with Crippen molar-refractivity contribution in [2.75, 3.05) is 7.11 Å². The van der Waals surface area contributed by atoms with E-state index in [-0.39, 0.29) is 12.3 Å².